The Bertz CT molecular complexity index is 1140. The molecule has 0 bridgehead atoms. The lowest BCUT2D eigenvalue weighted by Gasteiger charge is -2.36. The maximum absolute atomic E-state index is 12.1. The van der Waals surface area contributed by atoms with E-state index in [9.17, 15) is 4.79 Å². The van der Waals surface area contributed by atoms with Gasteiger partial charge in [-0.3, -0.25) is 9.69 Å². The number of benzene rings is 2. The molecule has 12 heteroatoms. The second-order valence-corrected chi connectivity index (χ2v) is 8.38. The van der Waals surface area contributed by atoms with Crippen molar-refractivity contribution in [2.45, 2.75) is 5.92 Å². The Labute approximate surface area is 201 Å². The van der Waals surface area contributed by atoms with Gasteiger partial charge in [-0.05, 0) is 36.4 Å². The second-order valence-electron chi connectivity index (χ2n) is 7.02. The van der Waals surface area contributed by atoms with Crippen LogP contribution in [0.15, 0.2) is 57.5 Å². The van der Waals surface area contributed by atoms with Gasteiger partial charge in [0.05, 0.1) is 12.5 Å². The first kappa shape index (κ1) is 24.4. The average molecular weight is 538 g/mol. The van der Waals surface area contributed by atoms with E-state index in [0.717, 1.165) is 15.7 Å². The van der Waals surface area contributed by atoms with E-state index in [1.807, 2.05) is 41.3 Å². The number of hydrogen-bond acceptors (Lipinski definition) is 7. The summed E-state index contributed by atoms with van der Waals surface area (Å²) in [4.78, 5) is 36.8. The van der Waals surface area contributed by atoms with Crippen LogP contribution in [-0.4, -0.2) is 62.7 Å². The summed E-state index contributed by atoms with van der Waals surface area (Å²) >= 11 is 9.38. The van der Waals surface area contributed by atoms with Crippen LogP contribution in [0.3, 0.4) is 0 Å². The summed E-state index contributed by atoms with van der Waals surface area (Å²) in [5.74, 6) is -2.43. The van der Waals surface area contributed by atoms with Crippen molar-refractivity contribution in [3.63, 3.8) is 0 Å². The normalized spacial score (nSPS) is 13.4. The topological polar surface area (TPSA) is 146 Å². The zero-order valence-corrected chi connectivity index (χ0v) is 19.3. The molecule has 2 heterocycles. The molecule has 3 aromatic rings. The molecule has 2 aromatic carbocycles. The predicted octanol–water partition coefficient (Wildman–Crippen LogP) is 3.35. The van der Waals surface area contributed by atoms with Crippen LogP contribution in [0.1, 0.15) is 11.8 Å². The lowest BCUT2D eigenvalue weighted by Crippen LogP contribution is -2.48. The fourth-order valence-electron chi connectivity index (χ4n) is 2.94. The highest BCUT2D eigenvalue weighted by molar-refractivity contribution is 9.10. The minimum Gasteiger partial charge on any atom is -0.473 e. The Morgan fingerprint density at radius 2 is 1.79 bits per heavy atom. The number of carbonyl (C=O) groups excluding carboxylic acids is 1. The number of aromatic nitrogens is 2. The summed E-state index contributed by atoms with van der Waals surface area (Å²) in [7, 11) is 0. The Morgan fingerprint density at radius 1 is 1.12 bits per heavy atom. The van der Waals surface area contributed by atoms with Crippen molar-refractivity contribution in [3.8, 4) is 11.4 Å². The molecule has 1 amide bonds. The van der Waals surface area contributed by atoms with Gasteiger partial charge in [0.15, 0.2) is 0 Å². The molecule has 33 heavy (non-hydrogen) atoms. The number of nitrogens with zero attached hydrogens (tertiary/aromatic N) is 3. The molecule has 10 nitrogen and oxygen atoms in total. The van der Waals surface area contributed by atoms with E-state index in [2.05, 4.69) is 31.4 Å². The van der Waals surface area contributed by atoms with Gasteiger partial charge >= 0.3 is 11.9 Å². The summed E-state index contributed by atoms with van der Waals surface area (Å²) in [5, 5.41) is 22.3. The summed E-state index contributed by atoms with van der Waals surface area (Å²) in [6.45, 7) is 1.76. The molecule has 3 N–H and O–H groups in total. The first-order chi connectivity index (χ1) is 15.7. The SMILES string of the molecule is O=C(CN1CC(c2nc(-c3cccc(Cl)c3)no2)C1)Nc1ccc(Br)cc1.O=C(O)C(=O)O. The summed E-state index contributed by atoms with van der Waals surface area (Å²) in [6, 6.07) is 14.8. The number of nitrogens with one attached hydrogen (secondary N) is 1. The molecule has 1 aliphatic rings. The molecule has 4 rings (SSSR count). The van der Waals surface area contributed by atoms with Crippen molar-refractivity contribution in [2.24, 2.45) is 0 Å². The quantitative estimate of drug-likeness (QED) is 0.417. The van der Waals surface area contributed by atoms with Crippen LogP contribution in [0, 0.1) is 0 Å². The van der Waals surface area contributed by atoms with E-state index < -0.39 is 11.9 Å². The molecule has 172 valence electrons. The molecule has 1 saturated heterocycles. The third kappa shape index (κ3) is 7.11. The molecule has 1 fully saturated rings. The standard InChI is InChI=1S/C19H16BrClN4O2.C2H2O4/c20-14-4-6-16(7-5-14)22-17(26)11-25-9-13(10-25)19-23-18(24-27-19)12-2-1-3-15(21)8-12;3-1(4)2(5)6/h1-8,13H,9-11H2,(H,22,26);(H,3,4)(H,5,6). The number of hydrogen-bond donors (Lipinski definition) is 3. The van der Waals surface area contributed by atoms with Gasteiger partial charge < -0.3 is 20.1 Å². The fourth-order valence-corrected chi connectivity index (χ4v) is 3.39. The number of aliphatic carboxylic acids is 2. The Hall–Kier alpha value is -3.28. The lowest BCUT2D eigenvalue weighted by atomic mass is 10.0. The van der Waals surface area contributed by atoms with Crippen molar-refractivity contribution >= 4 is 51.1 Å². The van der Waals surface area contributed by atoms with Crippen molar-refractivity contribution in [1.29, 1.82) is 0 Å². The number of carboxylic acids is 2. The summed E-state index contributed by atoms with van der Waals surface area (Å²) in [5.41, 5.74) is 1.60. The van der Waals surface area contributed by atoms with Gasteiger partial charge in [-0.25, -0.2) is 9.59 Å². The van der Waals surface area contributed by atoms with Crippen LogP contribution in [0.25, 0.3) is 11.4 Å². The number of rotatable bonds is 5. The number of likely N-dealkylation sites (tertiary alicyclic amines) is 1. The zero-order chi connectivity index (χ0) is 24.0. The maximum Gasteiger partial charge on any atom is 0.414 e. The number of carboxylic acid groups (broad SMARTS) is 2. The molecular weight excluding hydrogens is 520 g/mol. The van der Waals surface area contributed by atoms with Gasteiger partial charge in [-0.2, -0.15) is 4.98 Å². The molecule has 0 atom stereocenters. The minimum absolute atomic E-state index is 0.0408. The Morgan fingerprint density at radius 3 is 2.39 bits per heavy atom. The van der Waals surface area contributed by atoms with Crippen LogP contribution in [0.4, 0.5) is 5.69 Å². The van der Waals surface area contributed by atoms with Gasteiger partial charge in [-0.15, -0.1) is 0 Å². The van der Waals surface area contributed by atoms with Crippen LogP contribution in [-0.2, 0) is 14.4 Å². The third-order valence-corrected chi connectivity index (χ3v) is 5.27. The molecule has 0 unspecified atom stereocenters. The van der Waals surface area contributed by atoms with E-state index in [4.69, 9.17) is 35.9 Å². The molecule has 0 saturated carbocycles. The number of halogens is 2. The van der Waals surface area contributed by atoms with Crippen LogP contribution in [0.2, 0.25) is 5.02 Å². The maximum atomic E-state index is 12.1. The van der Waals surface area contributed by atoms with E-state index >= 15 is 0 Å². The fraction of sp³-hybridized carbons (Fsp3) is 0.190. The highest BCUT2D eigenvalue weighted by atomic mass is 79.9. The van der Waals surface area contributed by atoms with Gasteiger partial charge in [0, 0.05) is 33.8 Å². The molecule has 0 aliphatic carbocycles. The minimum atomic E-state index is -1.82. The molecular formula is C21H18BrClN4O6. The third-order valence-electron chi connectivity index (χ3n) is 4.51. The van der Waals surface area contributed by atoms with Gasteiger partial charge in [0.1, 0.15) is 0 Å². The van der Waals surface area contributed by atoms with Gasteiger partial charge in [0.2, 0.25) is 17.6 Å². The van der Waals surface area contributed by atoms with Crippen LogP contribution >= 0.6 is 27.5 Å². The molecule has 1 aliphatic heterocycles. The molecule has 0 radical (unpaired) electrons. The van der Waals surface area contributed by atoms with Gasteiger partial charge in [0.25, 0.3) is 0 Å². The Balaban J connectivity index is 0.000000454. The predicted molar refractivity (Wildman–Crippen MR) is 122 cm³/mol. The highest BCUT2D eigenvalue weighted by Crippen LogP contribution is 2.28. The largest absolute Gasteiger partial charge is 0.473 e. The zero-order valence-electron chi connectivity index (χ0n) is 16.9. The van der Waals surface area contributed by atoms with Crippen LogP contribution in [0.5, 0.6) is 0 Å². The van der Waals surface area contributed by atoms with Crippen molar-refractivity contribution in [2.75, 3.05) is 25.0 Å². The molecule has 0 spiro atoms. The lowest BCUT2D eigenvalue weighted by molar-refractivity contribution is -0.159. The number of anilines is 1. The van der Waals surface area contributed by atoms with E-state index in [0.29, 0.717) is 36.4 Å². The van der Waals surface area contributed by atoms with Crippen molar-refractivity contribution < 1.29 is 29.1 Å². The van der Waals surface area contributed by atoms with E-state index in [-0.39, 0.29) is 11.8 Å². The Kier molecular flexibility index (Phi) is 8.15. The second kappa shape index (κ2) is 11.0. The summed E-state index contributed by atoms with van der Waals surface area (Å²) in [6.07, 6.45) is 0. The molecule has 1 aromatic heterocycles. The monoisotopic (exact) mass is 536 g/mol. The van der Waals surface area contributed by atoms with Crippen LogP contribution < -0.4 is 5.32 Å². The number of amides is 1. The van der Waals surface area contributed by atoms with E-state index in [1.54, 1.807) is 12.1 Å². The smallest absolute Gasteiger partial charge is 0.414 e. The van der Waals surface area contributed by atoms with E-state index in [1.165, 1.54) is 0 Å². The van der Waals surface area contributed by atoms with Crippen molar-refractivity contribution in [1.82, 2.24) is 15.0 Å². The summed E-state index contributed by atoms with van der Waals surface area (Å²) < 4.78 is 6.36. The number of carbonyl (C=O) groups is 3. The average Bonchev–Trinajstić information content (AvgIpc) is 3.22. The first-order valence-electron chi connectivity index (χ1n) is 9.55. The van der Waals surface area contributed by atoms with Crippen molar-refractivity contribution in [3.05, 3.63) is 63.9 Å². The first-order valence-corrected chi connectivity index (χ1v) is 10.7. The van der Waals surface area contributed by atoms with Gasteiger partial charge in [-0.1, -0.05) is 44.8 Å². The highest BCUT2D eigenvalue weighted by Gasteiger charge is 2.33.